The van der Waals surface area contributed by atoms with Gasteiger partial charge in [0.1, 0.15) is 29.6 Å². The maximum atomic E-state index is 12.7. The van der Waals surface area contributed by atoms with Crippen LogP contribution in [-0.4, -0.2) is 56.3 Å². The normalized spacial score (nSPS) is 13.1. The van der Waals surface area contributed by atoms with Crippen LogP contribution in [-0.2, 0) is 58.4 Å². The molecule has 0 fully saturated rings. The summed E-state index contributed by atoms with van der Waals surface area (Å²) in [7, 11) is -2.68. The maximum absolute atomic E-state index is 12.7. The van der Waals surface area contributed by atoms with Gasteiger partial charge in [0.15, 0.2) is 6.10 Å². The van der Waals surface area contributed by atoms with Crippen LogP contribution < -0.4 is 5.32 Å². The molecule has 0 spiro atoms. The first-order valence-electron chi connectivity index (χ1n) is 23.7. The molecule has 2 rings (SSSR count). The summed E-state index contributed by atoms with van der Waals surface area (Å²) in [6.07, 6.45) is 25.1. The smallest absolute Gasteiger partial charge is 0.466 e. The second kappa shape index (κ2) is 32.3. The Morgan fingerprint density at radius 3 is 1.37 bits per heavy atom. The second-order valence-electron chi connectivity index (χ2n) is 16.8. The molecule has 2 N–H and O–H groups in total. The molecule has 2 aromatic rings. The van der Waals surface area contributed by atoms with Gasteiger partial charge in [0.05, 0.1) is 13.2 Å². The predicted octanol–water partition coefficient (Wildman–Crippen LogP) is 12.4. The van der Waals surface area contributed by atoms with Crippen molar-refractivity contribution in [2.45, 2.75) is 215 Å². The fourth-order valence-corrected chi connectivity index (χ4v) is 8.19. The first kappa shape index (κ1) is 53.7. The molecule has 0 aliphatic carbocycles. The van der Waals surface area contributed by atoms with Crippen molar-refractivity contribution in [2.24, 2.45) is 0 Å². The number of aryl methyl sites for hydroxylation is 4. The molecule has 0 aromatic carbocycles. The minimum atomic E-state index is -4.38. The number of esters is 2. The van der Waals surface area contributed by atoms with Gasteiger partial charge < -0.3 is 28.5 Å². The van der Waals surface area contributed by atoms with E-state index >= 15 is 0 Å². The molecule has 2 aromatic heterocycles. The minimum Gasteiger partial charge on any atom is -0.466 e. The van der Waals surface area contributed by atoms with E-state index in [0.717, 1.165) is 107 Å². The molecule has 0 bridgehead atoms. The Morgan fingerprint density at radius 1 is 0.567 bits per heavy atom. The van der Waals surface area contributed by atoms with Crippen LogP contribution in [0.25, 0.3) is 0 Å². The molecular weight excluding hydrogens is 781 g/mol. The molecular formula is C48H84NO10P. The van der Waals surface area contributed by atoms with Gasteiger partial charge in [0, 0.05) is 45.1 Å². The van der Waals surface area contributed by atoms with E-state index in [1.807, 2.05) is 0 Å². The summed E-state index contributed by atoms with van der Waals surface area (Å²) in [5, 5.41) is 2.83. The predicted molar refractivity (Wildman–Crippen MR) is 241 cm³/mol. The third-order valence-electron chi connectivity index (χ3n) is 11.6. The summed E-state index contributed by atoms with van der Waals surface area (Å²) in [4.78, 5) is 35.4. The number of carbonyl (C=O) groups is 2. The third kappa shape index (κ3) is 23.1. The van der Waals surface area contributed by atoms with E-state index in [2.05, 4.69) is 46.9 Å². The van der Waals surface area contributed by atoms with Crippen LogP contribution in [0, 0.1) is 27.7 Å². The van der Waals surface area contributed by atoms with E-state index in [4.69, 9.17) is 27.4 Å². The van der Waals surface area contributed by atoms with Gasteiger partial charge >= 0.3 is 19.8 Å². The summed E-state index contributed by atoms with van der Waals surface area (Å²) >= 11 is 0. The van der Waals surface area contributed by atoms with Crippen LogP contribution >= 0.6 is 7.82 Å². The van der Waals surface area contributed by atoms with E-state index < -0.39 is 32.5 Å². The number of phosphoric ester groups is 1. The van der Waals surface area contributed by atoms with E-state index in [0.29, 0.717) is 19.4 Å². The SMILES string of the molecule is CCCCCc1oc(CCCCCCCCCCC(=O)O[C@H](COC(=O)CCCCCCCCc2oc(CCCCC)c(C)c2C)COP(=O)(O)OCCNC)c(C)c1C. The van der Waals surface area contributed by atoms with Crippen molar-refractivity contribution in [1.82, 2.24) is 5.32 Å². The Labute approximate surface area is 363 Å². The number of unbranched alkanes of at least 4 members (excludes halogenated alkanes) is 16. The number of hydrogen-bond donors (Lipinski definition) is 2. The summed E-state index contributed by atoms with van der Waals surface area (Å²) in [6, 6.07) is 0. The third-order valence-corrected chi connectivity index (χ3v) is 12.6. The zero-order valence-electron chi connectivity index (χ0n) is 38.9. The van der Waals surface area contributed by atoms with Crippen LogP contribution in [0.5, 0.6) is 0 Å². The lowest BCUT2D eigenvalue weighted by molar-refractivity contribution is -0.161. The fraction of sp³-hybridized carbons (Fsp3) is 0.792. The highest BCUT2D eigenvalue weighted by atomic mass is 31.2. The summed E-state index contributed by atoms with van der Waals surface area (Å²) < 4.78 is 45.9. The van der Waals surface area contributed by atoms with E-state index in [1.165, 1.54) is 79.4 Å². The van der Waals surface area contributed by atoms with Gasteiger partial charge in [-0.15, -0.1) is 0 Å². The number of likely N-dealkylation sites (N-methyl/N-ethyl adjacent to an activating group) is 1. The number of phosphoric acid groups is 1. The maximum Gasteiger partial charge on any atom is 0.472 e. The van der Waals surface area contributed by atoms with Crippen molar-refractivity contribution in [3.8, 4) is 0 Å². The monoisotopic (exact) mass is 866 g/mol. The quantitative estimate of drug-likeness (QED) is 0.0378. The Hall–Kier alpha value is -2.43. The van der Waals surface area contributed by atoms with Gasteiger partial charge in [-0.3, -0.25) is 18.6 Å². The molecule has 346 valence electrons. The molecule has 0 amide bonds. The zero-order valence-corrected chi connectivity index (χ0v) is 39.8. The van der Waals surface area contributed by atoms with Gasteiger partial charge in [0.25, 0.3) is 0 Å². The molecule has 0 radical (unpaired) electrons. The lowest BCUT2D eigenvalue weighted by atomic mass is 10.0. The van der Waals surface area contributed by atoms with Crippen molar-refractivity contribution in [1.29, 1.82) is 0 Å². The van der Waals surface area contributed by atoms with Crippen LogP contribution in [0.2, 0.25) is 0 Å². The number of furan rings is 2. The first-order valence-corrected chi connectivity index (χ1v) is 25.2. The highest BCUT2D eigenvalue weighted by molar-refractivity contribution is 7.47. The minimum absolute atomic E-state index is 0.0303. The molecule has 0 saturated carbocycles. The largest absolute Gasteiger partial charge is 0.472 e. The highest BCUT2D eigenvalue weighted by Gasteiger charge is 2.26. The van der Waals surface area contributed by atoms with Gasteiger partial charge in [-0.1, -0.05) is 104 Å². The highest BCUT2D eigenvalue weighted by Crippen LogP contribution is 2.43. The molecule has 0 aliphatic rings. The molecule has 0 aliphatic heterocycles. The van der Waals surface area contributed by atoms with Crippen LogP contribution in [0.4, 0.5) is 0 Å². The molecule has 2 atom stereocenters. The van der Waals surface area contributed by atoms with Crippen molar-refractivity contribution in [3.05, 3.63) is 45.3 Å². The van der Waals surface area contributed by atoms with E-state index in [9.17, 15) is 19.0 Å². The number of hydrogen-bond acceptors (Lipinski definition) is 10. The van der Waals surface area contributed by atoms with Gasteiger partial charge in [0.2, 0.25) is 0 Å². The number of carbonyl (C=O) groups excluding carboxylic acids is 2. The van der Waals surface area contributed by atoms with Gasteiger partial charge in [-0.2, -0.15) is 0 Å². The topological polar surface area (TPSA) is 147 Å². The zero-order chi connectivity index (χ0) is 44.0. The van der Waals surface area contributed by atoms with Gasteiger partial charge in [-0.25, -0.2) is 4.57 Å². The van der Waals surface area contributed by atoms with Crippen molar-refractivity contribution in [3.63, 3.8) is 0 Å². The lowest BCUT2D eigenvalue weighted by Crippen LogP contribution is -2.29. The Morgan fingerprint density at radius 2 is 0.950 bits per heavy atom. The van der Waals surface area contributed by atoms with Gasteiger partial charge in [-0.05, 0) is 95.5 Å². The number of ether oxygens (including phenoxy) is 2. The van der Waals surface area contributed by atoms with Crippen molar-refractivity contribution in [2.75, 3.05) is 33.4 Å². The number of nitrogens with one attached hydrogen (secondary N) is 1. The molecule has 1 unspecified atom stereocenters. The Bertz CT molecular complexity index is 1500. The van der Waals surface area contributed by atoms with E-state index in [-0.39, 0.29) is 26.1 Å². The van der Waals surface area contributed by atoms with Crippen molar-refractivity contribution < 1.29 is 46.4 Å². The number of rotatable bonds is 38. The van der Waals surface area contributed by atoms with Crippen molar-refractivity contribution >= 4 is 19.8 Å². The first-order chi connectivity index (χ1) is 28.9. The summed E-state index contributed by atoms with van der Waals surface area (Å²) in [5.41, 5.74) is 5.26. The standard InChI is InChI=1S/C48H84NO10P/c1-8-10-22-28-43-38(3)40(5)45(58-43)30-24-18-14-12-13-15-21-27-33-48(51)57-42(37-56-60(52,53)55-35-34-49-7)36-54-47(50)32-26-20-17-16-19-25-31-46-41(6)39(4)44(59-46)29-23-11-9-2/h42,49H,8-37H2,1-7H3,(H,52,53)/t42-/m1/s1. The average molecular weight is 866 g/mol. The lowest BCUT2D eigenvalue weighted by Gasteiger charge is -2.20. The summed E-state index contributed by atoms with van der Waals surface area (Å²) in [6.45, 7) is 12.8. The van der Waals surface area contributed by atoms with Crippen LogP contribution in [0.3, 0.4) is 0 Å². The molecule has 2 heterocycles. The van der Waals surface area contributed by atoms with E-state index in [1.54, 1.807) is 7.05 Å². The fourth-order valence-electron chi connectivity index (χ4n) is 7.44. The Balaban J connectivity index is 1.63. The van der Waals surface area contributed by atoms with Crippen LogP contribution in [0.15, 0.2) is 8.83 Å². The molecule has 12 heteroatoms. The average Bonchev–Trinajstić information content (AvgIpc) is 3.65. The second-order valence-corrected chi connectivity index (χ2v) is 18.2. The molecule has 60 heavy (non-hydrogen) atoms. The molecule has 0 saturated heterocycles. The summed E-state index contributed by atoms with van der Waals surface area (Å²) in [5.74, 6) is 3.76. The van der Waals surface area contributed by atoms with Crippen LogP contribution in [0.1, 0.15) is 200 Å². The molecule has 11 nitrogen and oxygen atoms in total. The Kier molecular flexibility index (Phi) is 28.9.